The lowest BCUT2D eigenvalue weighted by molar-refractivity contribution is -0.119. The predicted molar refractivity (Wildman–Crippen MR) is 106 cm³/mol. The van der Waals surface area contributed by atoms with Gasteiger partial charge >= 0.3 is 6.01 Å². The number of anilines is 1. The van der Waals surface area contributed by atoms with Crippen LogP contribution in [0.15, 0.2) is 26.8 Å². The molecule has 1 fully saturated rings. The number of aryl methyl sites for hydroxylation is 2. The minimum absolute atomic E-state index is 0.104. The van der Waals surface area contributed by atoms with Crippen molar-refractivity contribution in [3.8, 4) is 11.6 Å². The number of halogens is 1. The van der Waals surface area contributed by atoms with Crippen molar-refractivity contribution < 1.29 is 17.6 Å². The number of nitrogens with zero attached hydrogens (tertiary/aromatic N) is 5. The molecule has 29 heavy (non-hydrogen) atoms. The van der Waals surface area contributed by atoms with Gasteiger partial charge in [-0.2, -0.15) is 9.40 Å². The zero-order valence-corrected chi connectivity index (χ0v) is 17.9. The molecule has 0 spiro atoms. The van der Waals surface area contributed by atoms with E-state index in [-0.39, 0.29) is 22.7 Å². The van der Waals surface area contributed by atoms with Gasteiger partial charge in [0.15, 0.2) is 0 Å². The quantitative estimate of drug-likeness (QED) is 0.624. The normalized spacial score (nSPS) is 17.7. The van der Waals surface area contributed by atoms with E-state index in [1.165, 1.54) is 16.4 Å². The van der Waals surface area contributed by atoms with Crippen molar-refractivity contribution in [2.45, 2.75) is 30.0 Å². The summed E-state index contributed by atoms with van der Waals surface area (Å²) in [5.74, 6) is -0.366. The van der Waals surface area contributed by atoms with Gasteiger partial charge in [0.1, 0.15) is 15.9 Å². The highest BCUT2D eigenvalue weighted by molar-refractivity contribution is 7.91. The highest BCUT2D eigenvalue weighted by atomic mass is 35.5. The lowest BCUT2D eigenvalue weighted by Gasteiger charge is -2.21. The van der Waals surface area contributed by atoms with Crippen molar-refractivity contribution >= 4 is 44.9 Å². The first kappa shape index (κ1) is 20.0. The molecule has 0 radical (unpaired) electrons. The highest BCUT2D eigenvalue weighted by Gasteiger charge is 2.40. The molecule has 1 N–H and O–H groups in total. The molecule has 0 aliphatic carbocycles. The van der Waals surface area contributed by atoms with Gasteiger partial charge in [0.25, 0.3) is 15.9 Å². The molecule has 13 heteroatoms. The van der Waals surface area contributed by atoms with Crippen LogP contribution in [-0.4, -0.2) is 51.2 Å². The Kier molecular flexibility index (Phi) is 5.19. The van der Waals surface area contributed by atoms with Crippen LogP contribution in [0.3, 0.4) is 0 Å². The lowest BCUT2D eigenvalue weighted by atomic mass is 10.2. The number of nitrogens with one attached hydrogen (secondary N) is 1. The summed E-state index contributed by atoms with van der Waals surface area (Å²) in [4.78, 5) is 12.7. The molecule has 3 aromatic heterocycles. The minimum Gasteiger partial charge on any atom is -0.401 e. The van der Waals surface area contributed by atoms with E-state index < -0.39 is 22.0 Å². The van der Waals surface area contributed by atoms with E-state index in [9.17, 15) is 13.2 Å². The SMILES string of the molecule is Cc1cc(-c2nnc(NC(=O)C3CCCN3S(=O)(=O)c3ccc(Cl)s3)o2)nn1C. The van der Waals surface area contributed by atoms with E-state index in [0.29, 0.717) is 22.9 Å². The fourth-order valence-electron chi connectivity index (χ4n) is 3.07. The highest BCUT2D eigenvalue weighted by Crippen LogP contribution is 2.32. The van der Waals surface area contributed by atoms with Gasteiger partial charge in [-0.15, -0.1) is 16.4 Å². The molecule has 4 heterocycles. The topological polar surface area (TPSA) is 123 Å². The Hall–Kier alpha value is -2.28. The minimum atomic E-state index is -3.82. The van der Waals surface area contributed by atoms with Gasteiger partial charge in [-0.05, 0) is 38.0 Å². The van der Waals surface area contributed by atoms with Crippen LogP contribution in [0.25, 0.3) is 11.6 Å². The number of hydrogen-bond donors (Lipinski definition) is 1. The Labute approximate surface area is 175 Å². The molecule has 154 valence electrons. The van der Waals surface area contributed by atoms with Crippen molar-refractivity contribution in [1.82, 2.24) is 24.3 Å². The van der Waals surface area contributed by atoms with Gasteiger partial charge in [-0.1, -0.05) is 16.7 Å². The number of sulfonamides is 1. The summed E-state index contributed by atoms with van der Waals surface area (Å²) in [6, 6.07) is 3.75. The summed E-state index contributed by atoms with van der Waals surface area (Å²) in [7, 11) is -2.03. The molecule has 0 saturated carbocycles. The summed E-state index contributed by atoms with van der Waals surface area (Å²) in [6.07, 6.45) is 0.962. The number of rotatable bonds is 5. The van der Waals surface area contributed by atoms with E-state index in [1.54, 1.807) is 17.8 Å². The molecule has 0 bridgehead atoms. The van der Waals surface area contributed by atoms with Crippen LogP contribution in [0.5, 0.6) is 0 Å². The molecule has 1 aliphatic rings. The Bertz CT molecular complexity index is 1150. The Balaban J connectivity index is 1.51. The molecule has 1 amide bonds. The second kappa shape index (κ2) is 7.52. The maximum absolute atomic E-state index is 12.9. The Morgan fingerprint density at radius 2 is 2.17 bits per heavy atom. The first-order valence-corrected chi connectivity index (χ1v) is 11.3. The van der Waals surface area contributed by atoms with Gasteiger partial charge in [0.2, 0.25) is 5.91 Å². The van der Waals surface area contributed by atoms with Crippen LogP contribution in [0.4, 0.5) is 6.01 Å². The van der Waals surface area contributed by atoms with Crippen molar-refractivity contribution in [3.63, 3.8) is 0 Å². The Morgan fingerprint density at radius 1 is 1.38 bits per heavy atom. The summed E-state index contributed by atoms with van der Waals surface area (Å²) in [5.41, 5.74) is 1.39. The van der Waals surface area contributed by atoms with E-state index in [1.807, 2.05) is 6.92 Å². The van der Waals surface area contributed by atoms with E-state index in [2.05, 4.69) is 20.6 Å². The number of amides is 1. The third-order valence-electron chi connectivity index (χ3n) is 4.61. The van der Waals surface area contributed by atoms with Crippen molar-refractivity contribution in [1.29, 1.82) is 0 Å². The number of carbonyl (C=O) groups is 1. The molecule has 3 aromatic rings. The summed E-state index contributed by atoms with van der Waals surface area (Å²) >= 11 is 6.82. The summed E-state index contributed by atoms with van der Waals surface area (Å²) < 4.78 is 34.5. The van der Waals surface area contributed by atoms with Crippen LogP contribution in [-0.2, 0) is 21.9 Å². The third-order valence-corrected chi connectivity index (χ3v) is 8.21. The molecule has 1 unspecified atom stereocenters. The van der Waals surface area contributed by atoms with Gasteiger partial charge in [0, 0.05) is 19.3 Å². The smallest absolute Gasteiger partial charge is 0.322 e. The second-order valence-electron chi connectivity index (χ2n) is 6.53. The maximum atomic E-state index is 12.9. The average Bonchev–Trinajstić information content (AvgIpc) is 3.43. The van der Waals surface area contributed by atoms with Crippen LogP contribution >= 0.6 is 22.9 Å². The van der Waals surface area contributed by atoms with Crippen LogP contribution in [0.1, 0.15) is 18.5 Å². The van der Waals surface area contributed by atoms with Gasteiger partial charge < -0.3 is 4.42 Å². The van der Waals surface area contributed by atoms with E-state index in [0.717, 1.165) is 17.0 Å². The van der Waals surface area contributed by atoms with E-state index >= 15 is 0 Å². The predicted octanol–water partition coefficient (Wildman–Crippen LogP) is 2.29. The molecule has 1 aliphatic heterocycles. The van der Waals surface area contributed by atoms with Gasteiger partial charge in [-0.3, -0.25) is 14.8 Å². The molecular formula is C16H17ClN6O4S2. The molecule has 0 aromatic carbocycles. The van der Waals surface area contributed by atoms with Gasteiger partial charge in [-0.25, -0.2) is 8.42 Å². The molecule has 4 rings (SSSR count). The lowest BCUT2D eigenvalue weighted by Crippen LogP contribution is -2.42. The number of hydrogen-bond acceptors (Lipinski definition) is 8. The van der Waals surface area contributed by atoms with Crippen molar-refractivity contribution in [2.24, 2.45) is 7.05 Å². The molecule has 10 nitrogen and oxygen atoms in total. The zero-order valence-electron chi connectivity index (χ0n) is 15.5. The van der Waals surface area contributed by atoms with Crippen molar-refractivity contribution in [3.05, 3.63) is 28.2 Å². The van der Waals surface area contributed by atoms with Gasteiger partial charge in [0.05, 0.1) is 4.34 Å². The van der Waals surface area contributed by atoms with Crippen molar-refractivity contribution in [2.75, 3.05) is 11.9 Å². The number of aromatic nitrogens is 4. The monoisotopic (exact) mass is 456 g/mol. The van der Waals surface area contributed by atoms with Crippen LogP contribution < -0.4 is 5.32 Å². The molecule has 1 atom stereocenters. The first-order valence-electron chi connectivity index (χ1n) is 8.68. The van der Waals surface area contributed by atoms with Crippen LogP contribution in [0, 0.1) is 6.92 Å². The molecule has 1 saturated heterocycles. The maximum Gasteiger partial charge on any atom is 0.322 e. The number of carbonyl (C=O) groups excluding carboxylic acids is 1. The average molecular weight is 457 g/mol. The zero-order chi connectivity index (χ0) is 20.8. The van der Waals surface area contributed by atoms with Crippen LogP contribution in [0.2, 0.25) is 4.34 Å². The summed E-state index contributed by atoms with van der Waals surface area (Å²) in [6.45, 7) is 2.13. The standard InChI is InChI=1S/C16H17ClN6O4S2/c1-9-8-10(21-22(9)2)15-19-20-16(27-15)18-14(24)11-4-3-7-23(11)29(25,26)13-6-5-12(17)28-13/h5-6,8,11H,3-4,7H2,1-2H3,(H,18,20,24). The fourth-order valence-corrected chi connectivity index (χ4v) is 6.34. The summed E-state index contributed by atoms with van der Waals surface area (Å²) in [5, 5.41) is 14.4. The first-order chi connectivity index (χ1) is 13.8. The third kappa shape index (κ3) is 3.80. The molecular weight excluding hydrogens is 440 g/mol. The number of thiophene rings is 1. The van der Waals surface area contributed by atoms with E-state index in [4.69, 9.17) is 16.0 Å². The Morgan fingerprint density at radius 3 is 2.83 bits per heavy atom. The second-order valence-corrected chi connectivity index (χ2v) is 10.4. The fraction of sp³-hybridized carbons (Fsp3) is 0.375. The largest absolute Gasteiger partial charge is 0.401 e.